The lowest BCUT2D eigenvalue weighted by molar-refractivity contribution is 0.0193. The van der Waals surface area contributed by atoms with Crippen LogP contribution in [0.2, 0.25) is 0 Å². The first-order valence-electron chi connectivity index (χ1n) is 5.68. The lowest BCUT2D eigenvalue weighted by Gasteiger charge is -2.33. The Morgan fingerprint density at radius 2 is 2.00 bits per heavy atom. The Bertz CT molecular complexity index is 171. The Balaban J connectivity index is 1.83. The van der Waals surface area contributed by atoms with Crippen molar-refractivity contribution in [2.24, 2.45) is 5.84 Å². The zero-order chi connectivity index (χ0) is 9.80. The predicted molar refractivity (Wildman–Crippen MR) is 55.8 cm³/mol. The molecule has 2 rings (SSSR count). The molecule has 2 fully saturated rings. The molecule has 2 saturated heterocycles. The minimum atomic E-state index is 0.648. The maximum Gasteiger partial charge on any atom is 0.0621 e. The molecule has 1 unspecified atom stereocenters. The second-order valence-electron chi connectivity index (χ2n) is 4.30. The summed E-state index contributed by atoms with van der Waals surface area (Å²) in [5, 5.41) is 1.93. The SMILES string of the molecule is NN1CCCN(C2CCCOC2)CC1. The summed E-state index contributed by atoms with van der Waals surface area (Å²) in [6.45, 7) is 6.19. The molecule has 14 heavy (non-hydrogen) atoms. The minimum absolute atomic E-state index is 0.648. The average molecular weight is 199 g/mol. The van der Waals surface area contributed by atoms with Gasteiger partial charge in [0.1, 0.15) is 0 Å². The van der Waals surface area contributed by atoms with Crippen LogP contribution in [0.5, 0.6) is 0 Å². The zero-order valence-electron chi connectivity index (χ0n) is 8.82. The number of hydrogen-bond donors (Lipinski definition) is 1. The molecule has 0 spiro atoms. The highest BCUT2D eigenvalue weighted by molar-refractivity contribution is 4.77. The smallest absolute Gasteiger partial charge is 0.0621 e. The van der Waals surface area contributed by atoms with Crippen LogP contribution in [-0.2, 0) is 4.74 Å². The van der Waals surface area contributed by atoms with E-state index in [9.17, 15) is 0 Å². The standard InChI is InChI=1S/C10H21N3O/c11-13-5-2-4-12(6-7-13)10-3-1-8-14-9-10/h10H,1-9,11H2. The van der Waals surface area contributed by atoms with Crippen LogP contribution in [0.1, 0.15) is 19.3 Å². The summed E-state index contributed by atoms with van der Waals surface area (Å²) < 4.78 is 5.52. The van der Waals surface area contributed by atoms with E-state index in [0.29, 0.717) is 6.04 Å². The lowest BCUT2D eigenvalue weighted by atomic mass is 10.1. The Morgan fingerprint density at radius 1 is 1.07 bits per heavy atom. The van der Waals surface area contributed by atoms with Crippen molar-refractivity contribution >= 4 is 0 Å². The quantitative estimate of drug-likeness (QED) is 0.606. The third-order valence-corrected chi connectivity index (χ3v) is 3.22. The molecule has 0 aromatic carbocycles. The summed E-state index contributed by atoms with van der Waals surface area (Å²) in [5.41, 5.74) is 0. The molecule has 0 aromatic rings. The first-order chi connectivity index (χ1) is 6.86. The topological polar surface area (TPSA) is 41.7 Å². The van der Waals surface area contributed by atoms with Crippen molar-refractivity contribution in [3.63, 3.8) is 0 Å². The van der Waals surface area contributed by atoms with E-state index in [2.05, 4.69) is 4.90 Å². The van der Waals surface area contributed by atoms with Crippen LogP contribution in [0.3, 0.4) is 0 Å². The molecular formula is C10H21N3O. The molecule has 0 aromatic heterocycles. The molecule has 2 aliphatic rings. The molecule has 4 nitrogen and oxygen atoms in total. The Kier molecular flexibility index (Phi) is 3.75. The largest absolute Gasteiger partial charge is 0.380 e. The third kappa shape index (κ3) is 2.67. The van der Waals surface area contributed by atoms with Gasteiger partial charge in [0.15, 0.2) is 0 Å². The van der Waals surface area contributed by atoms with Gasteiger partial charge in [0.05, 0.1) is 6.61 Å². The van der Waals surface area contributed by atoms with Gasteiger partial charge in [-0.2, -0.15) is 0 Å². The van der Waals surface area contributed by atoms with E-state index < -0.39 is 0 Å². The van der Waals surface area contributed by atoms with Crippen LogP contribution in [0, 0.1) is 0 Å². The van der Waals surface area contributed by atoms with Crippen LogP contribution in [0.25, 0.3) is 0 Å². The molecule has 2 N–H and O–H groups in total. The van der Waals surface area contributed by atoms with E-state index in [4.69, 9.17) is 10.6 Å². The lowest BCUT2D eigenvalue weighted by Crippen LogP contribution is -2.43. The van der Waals surface area contributed by atoms with Gasteiger partial charge >= 0.3 is 0 Å². The number of rotatable bonds is 1. The summed E-state index contributed by atoms with van der Waals surface area (Å²) in [4.78, 5) is 2.55. The second-order valence-corrected chi connectivity index (χ2v) is 4.30. The number of hydrazine groups is 1. The first kappa shape index (κ1) is 10.4. The van der Waals surface area contributed by atoms with E-state index in [-0.39, 0.29) is 0 Å². The van der Waals surface area contributed by atoms with Crippen molar-refractivity contribution < 1.29 is 4.74 Å². The molecule has 0 bridgehead atoms. The summed E-state index contributed by atoms with van der Waals surface area (Å²) in [7, 11) is 0. The summed E-state index contributed by atoms with van der Waals surface area (Å²) >= 11 is 0. The van der Waals surface area contributed by atoms with Gasteiger partial charge in [0, 0.05) is 32.3 Å². The second kappa shape index (κ2) is 5.07. The van der Waals surface area contributed by atoms with Gasteiger partial charge in [-0.15, -0.1) is 0 Å². The fourth-order valence-electron chi connectivity index (χ4n) is 2.33. The monoisotopic (exact) mass is 199 g/mol. The number of nitrogens with zero attached hydrogens (tertiary/aromatic N) is 2. The van der Waals surface area contributed by atoms with E-state index in [0.717, 1.165) is 32.8 Å². The molecular weight excluding hydrogens is 178 g/mol. The first-order valence-corrected chi connectivity index (χ1v) is 5.68. The van der Waals surface area contributed by atoms with E-state index >= 15 is 0 Å². The Hall–Kier alpha value is -0.160. The third-order valence-electron chi connectivity index (χ3n) is 3.22. The molecule has 0 aliphatic carbocycles. The van der Waals surface area contributed by atoms with Crippen molar-refractivity contribution in [3.05, 3.63) is 0 Å². The molecule has 0 saturated carbocycles. The fraction of sp³-hybridized carbons (Fsp3) is 1.00. The van der Waals surface area contributed by atoms with Crippen LogP contribution < -0.4 is 5.84 Å². The van der Waals surface area contributed by atoms with Gasteiger partial charge in [0.25, 0.3) is 0 Å². The van der Waals surface area contributed by atoms with Crippen molar-refractivity contribution in [1.82, 2.24) is 9.91 Å². The molecule has 2 aliphatic heterocycles. The number of nitrogens with two attached hydrogens (primary N) is 1. The van der Waals surface area contributed by atoms with Crippen LogP contribution >= 0.6 is 0 Å². The molecule has 82 valence electrons. The van der Waals surface area contributed by atoms with E-state index in [1.165, 1.54) is 25.8 Å². The highest BCUT2D eigenvalue weighted by Gasteiger charge is 2.23. The van der Waals surface area contributed by atoms with Crippen molar-refractivity contribution in [3.8, 4) is 0 Å². The Morgan fingerprint density at radius 3 is 2.79 bits per heavy atom. The molecule has 0 radical (unpaired) electrons. The molecule has 2 heterocycles. The van der Waals surface area contributed by atoms with Crippen LogP contribution in [-0.4, -0.2) is 55.3 Å². The van der Waals surface area contributed by atoms with Crippen molar-refractivity contribution in [2.75, 3.05) is 39.4 Å². The number of ether oxygens (including phenoxy) is 1. The maximum absolute atomic E-state index is 5.80. The summed E-state index contributed by atoms with van der Waals surface area (Å²) in [6, 6.07) is 0.648. The number of hydrogen-bond acceptors (Lipinski definition) is 4. The van der Waals surface area contributed by atoms with E-state index in [1.807, 2.05) is 5.01 Å². The van der Waals surface area contributed by atoms with E-state index in [1.54, 1.807) is 0 Å². The summed E-state index contributed by atoms with van der Waals surface area (Å²) in [5.74, 6) is 5.80. The molecule has 4 heteroatoms. The highest BCUT2D eigenvalue weighted by Crippen LogP contribution is 2.14. The van der Waals surface area contributed by atoms with Gasteiger partial charge in [-0.25, -0.2) is 5.01 Å². The fourth-order valence-corrected chi connectivity index (χ4v) is 2.33. The average Bonchev–Trinajstić information content (AvgIpc) is 2.44. The van der Waals surface area contributed by atoms with Crippen LogP contribution in [0.15, 0.2) is 0 Å². The van der Waals surface area contributed by atoms with Gasteiger partial charge in [-0.3, -0.25) is 10.7 Å². The van der Waals surface area contributed by atoms with Gasteiger partial charge < -0.3 is 4.74 Å². The van der Waals surface area contributed by atoms with Crippen molar-refractivity contribution in [2.45, 2.75) is 25.3 Å². The highest BCUT2D eigenvalue weighted by atomic mass is 16.5. The van der Waals surface area contributed by atoms with Gasteiger partial charge in [-0.1, -0.05) is 0 Å². The minimum Gasteiger partial charge on any atom is -0.380 e. The zero-order valence-corrected chi connectivity index (χ0v) is 8.82. The van der Waals surface area contributed by atoms with Gasteiger partial charge in [-0.05, 0) is 25.8 Å². The van der Waals surface area contributed by atoms with Crippen LogP contribution in [0.4, 0.5) is 0 Å². The predicted octanol–water partition coefficient (Wildman–Crippen LogP) is 0.0468. The normalized spacial score (nSPS) is 32.8. The maximum atomic E-state index is 5.80. The Labute approximate surface area is 86.0 Å². The van der Waals surface area contributed by atoms with Gasteiger partial charge in [0.2, 0.25) is 0 Å². The van der Waals surface area contributed by atoms with Crippen molar-refractivity contribution in [1.29, 1.82) is 0 Å². The summed E-state index contributed by atoms with van der Waals surface area (Å²) in [6.07, 6.45) is 3.70. The molecule has 1 atom stereocenters. The molecule has 0 amide bonds.